The zero-order chi connectivity index (χ0) is 10.4. The summed E-state index contributed by atoms with van der Waals surface area (Å²) in [4.78, 5) is 13.2. The molecule has 0 fully saturated rings. The summed E-state index contributed by atoms with van der Waals surface area (Å²) in [6.45, 7) is 5.99. The average molecular weight is 195 g/mol. The van der Waals surface area contributed by atoms with Crippen molar-refractivity contribution in [2.45, 2.75) is 12.8 Å². The van der Waals surface area contributed by atoms with E-state index in [0.717, 1.165) is 25.2 Å². The summed E-state index contributed by atoms with van der Waals surface area (Å²) in [5.74, 6) is 0.228. The highest BCUT2D eigenvalue weighted by Gasteiger charge is 2.16. The van der Waals surface area contributed by atoms with Crippen LogP contribution in [-0.2, 0) is 9.53 Å². The van der Waals surface area contributed by atoms with Gasteiger partial charge in [-0.3, -0.25) is 4.79 Å². The number of methoxy groups -OCH3 is 1. The third kappa shape index (κ3) is 3.00. The van der Waals surface area contributed by atoms with Crippen molar-refractivity contribution in [1.29, 1.82) is 0 Å². The molecular formula is C11H17NO2. The lowest BCUT2D eigenvalue weighted by atomic mass is 10.3. The molecule has 1 aliphatic carbocycles. The minimum atomic E-state index is 0.228. The minimum Gasteiger partial charge on any atom is -0.383 e. The molecule has 0 aromatic carbocycles. The Morgan fingerprint density at radius 2 is 2.43 bits per heavy atom. The number of carbonyl (C=O) groups is 1. The first-order chi connectivity index (χ1) is 6.77. The van der Waals surface area contributed by atoms with Crippen LogP contribution in [0.4, 0.5) is 0 Å². The van der Waals surface area contributed by atoms with Gasteiger partial charge in [0.05, 0.1) is 6.61 Å². The smallest absolute Gasteiger partial charge is 0.157 e. The predicted octanol–water partition coefficient (Wildman–Crippen LogP) is 1.37. The van der Waals surface area contributed by atoms with Crippen LogP contribution in [0.1, 0.15) is 12.8 Å². The van der Waals surface area contributed by atoms with Gasteiger partial charge in [-0.05, 0) is 6.42 Å². The molecule has 0 unspecified atom stereocenters. The van der Waals surface area contributed by atoms with E-state index in [4.69, 9.17) is 4.74 Å². The molecule has 0 radical (unpaired) electrons. The number of hydrogen-bond acceptors (Lipinski definition) is 3. The molecule has 0 N–H and O–H groups in total. The topological polar surface area (TPSA) is 29.5 Å². The molecule has 1 rings (SSSR count). The molecule has 14 heavy (non-hydrogen) atoms. The second-order valence-electron chi connectivity index (χ2n) is 3.33. The van der Waals surface area contributed by atoms with Gasteiger partial charge in [0.1, 0.15) is 0 Å². The van der Waals surface area contributed by atoms with E-state index in [1.165, 1.54) is 0 Å². The maximum Gasteiger partial charge on any atom is 0.157 e. The molecule has 0 atom stereocenters. The van der Waals surface area contributed by atoms with Crippen LogP contribution in [0.15, 0.2) is 24.4 Å². The molecule has 0 aromatic heterocycles. The Morgan fingerprint density at radius 3 is 2.93 bits per heavy atom. The molecule has 0 saturated carbocycles. The second-order valence-corrected chi connectivity index (χ2v) is 3.33. The quantitative estimate of drug-likeness (QED) is 0.599. The van der Waals surface area contributed by atoms with Gasteiger partial charge in [-0.1, -0.05) is 6.08 Å². The predicted molar refractivity (Wildman–Crippen MR) is 56.0 cm³/mol. The average Bonchev–Trinajstić information content (AvgIpc) is 2.59. The summed E-state index contributed by atoms with van der Waals surface area (Å²) >= 11 is 0. The van der Waals surface area contributed by atoms with Crippen LogP contribution >= 0.6 is 0 Å². The van der Waals surface area contributed by atoms with E-state index in [2.05, 4.69) is 11.5 Å². The number of allylic oxidation sites excluding steroid dienone is 2. The molecule has 3 nitrogen and oxygen atoms in total. The van der Waals surface area contributed by atoms with Crippen LogP contribution in [0, 0.1) is 0 Å². The molecule has 0 aromatic rings. The Kier molecular flexibility index (Phi) is 4.40. The van der Waals surface area contributed by atoms with Crippen molar-refractivity contribution < 1.29 is 9.53 Å². The SMILES string of the molecule is C=CCN(CCOC)C1=CC(=O)CC1. The molecule has 0 bridgehead atoms. The van der Waals surface area contributed by atoms with Crippen molar-refractivity contribution in [2.75, 3.05) is 26.8 Å². The van der Waals surface area contributed by atoms with E-state index >= 15 is 0 Å². The van der Waals surface area contributed by atoms with E-state index in [-0.39, 0.29) is 5.78 Å². The maximum atomic E-state index is 11.1. The fourth-order valence-electron chi connectivity index (χ4n) is 1.54. The Hall–Kier alpha value is -1.09. The lowest BCUT2D eigenvalue weighted by Gasteiger charge is -2.23. The lowest BCUT2D eigenvalue weighted by molar-refractivity contribution is -0.114. The normalized spacial score (nSPS) is 15.5. The first-order valence-corrected chi connectivity index (χ1v) is 4.86. The van der Waals surface area contributed by atoms with Gasteiger partial charge in [-0.25, -0.2) is 0 Å². The third-order valence-electron chi connectivity index (χ3n) is 2.28. The van der Waals surface area contributed by atoms with Gasteiger partial charge in [-0.15, -0.1) is 6.58 Å². The van der Waals surface area contributed by atoms with Crippen molar-refractivity contribution >= 4 is 5.78 Å². The molecule has 0 heterocycles. The zero-order valence-electron chi connectivity index (χ0n) is 8.66. The highest BCUT2D eigenvalue weighted by Crippen LogP contribution is 2.18. The van der Waals surface area contributed by atoms with Gasteiger partial charge in [0, 0.05) is 38.4 Å². The Bertz CT molecular complexity index is 246. The van der Waals surface area contributed by atoms with Crippen LogP contribution in [0.5, 0.6) is 0 Å². The van der Waals surface area contributed by atoms with Gasteiger partial charge in [0.2, 0.25) is 0 Å². The molecule has 0 aliphatic heterocycles. The summed E-state index contributed by atoms with van der Waals surface area (Å²) in [7, 11) is 1.68. The van der Waals surface area contributed by atoms with Crippen LogP contribution in [0.2, 0.25) is 0 Å². The van der Waals surface area contributed by atoms with Crippen LogP contribution in [-0.4, -0.2) is 37.5 Å². The lowest BCUT2D eigenvalue weighted by Crippen LogP contribution is -2.26. The van der Waals surface area contributed by atoms with Crippen molar-refractivity contribution in [3.8, 4) is 0 Å². The van der Waals surface area contributed by atoms with Crippen LogP contribution in [0.25, 0.3) is 0 Å². The van der Waals surface area contributed by atoms with Crippen molar-refractivity contribution in [2.24, 2.45) is 0 Å². The van der Waals surface area contributed by atoms with E-state index in [9.17, 15) is 4.79 Å². The molecule has 0 amide bonds. The molecule has 78 valence electrons. The summed E-state index contributed by atoms with van der Waals surface area (Å²) in [6.07, 6.45) is 5.09. The van der Waals surface area contributed by atoms with Gasteiger partial charge >= 0.3 is 0 Å². The molecular weight excluding hydrogens is 178 g/mol. The summed E-state index contributed by atoms with van der Waals surface area (Å²) in [6, 6.07) is 0. The largest absolute Gasteiger partial charge is 0.383 e. The van der Waals surface area contributed by atoms with E-state index < -0.39 is 0 Å². The number of ketones is 1. The Balaban J connectivity index is 2.52. The summed E-state index contributed by atoms with van der Waals surface area (Å²) in [5.41, 5.74) is 1.12. The summed E-state index contributed by atoms with van der Waals surface area (Å²) in [5, 5.41) is 0. The number of ether oxygens (including phenoxy) is 1. The first kappa shape index (κ1) is 11.0. The van der Waals surface area contributed by atoms with Crippen LogP contribution < -0.4 is 0 Å². The molecule has 0 saturated heterocycles. The maximum absolute atomic E-state index is 11.1. The van der Waals surface area contributed by atoms with E-state index in [0.29, 0.717) is 13.0 Å². The highest BCUT2D eigenvalue weighted by atomic mass is 16.5. The fraction of sp³-hybridized carbons (Fsp3) is 0.545. The van der Waals surface area contributed by atoms with Gasteiger partial charge in [0.15, 0.2) is 5.78 Å². The van der Waals surface area contributed by atoms with E-state index in [1.807, 2.05) is 6.08 Å². The number of hydrogen-bond donors (Lipinski definition) is 0. The molecule has 0 spiro atoms. The standard InChI is InChI=1S/C11H17NO2/c1-3-6-12(7-8-14-2)10-4-5-11(13)9-10/h3,9H,1,4-8H2,2H3. The third-order valence-corrected chi connectivity index (χ3v) is 2.28. The van der Waals surface area contributed by atoms with Crippen molar-refractivity contribution in [3.05, 3.63) is 24.4 Å². The number of nitrogens with zero attached hydrogens (tertiary/aromatic N) is 1. The first-order valence-electron chi connectivity index (χ1n) is 4.86. The van der Waals surface area contributed by atoms with Crippen molar-refractivity contribution in [3.63, 3.8) is 0 Å². The van der Waals surface area contributed by atoms with E-state index in [1.54, 1.807) is 13.2 Å². The summed E-state index contributed by atoms with van der Waals surface area (Å²) < 4.78 is 5.02. The number of carbonyl (C=O) groups excluding carboxylic acids is 1. The zero-order valence-corrected chi connectivity index (χ0v) is 8.66. The minimum absolute atomic E-state index is 0.228. The van der Waals surface area contributed by atoms with Gasteiger partial charge in [0.25, 0.3) is 0 Å². The Morgan fingerprint density at radius 1 is 1.64 bits per heavy atom. The Labute approximate surface area is 85.0 Å². The van der Waals surface area contributed by atoms with Crippen LogP contribution in [0.3, 0.4) is 0 Å². The van der Waals surface area contributed by atoms with Gasteiger partial charge < -0.3 is 9.64 Å². The molecule has 3 heteroatoms. The number of rotatable bonds is 6. The second kappa shape index (κ2) is 5.60. The molecule has 1 aliphatic rings. The highest BCUT2D eigenvalue weighted by molar-refractivity contribution is 5.92. The fourth-order valence-corrected chi connectivity index (χ4v) is 1.54. The monoisotopic (exact) mass is 195 g/mol. The van der Waals surface area contributed by atoms with Gasteiger partial charge in [-0.2, -0.15) is 0 Å². The van der Waals surface area contributed by atoms with Crippen molar-refractivity contribution in [1.82, 2.24) is 4.90 Å².